The molecule has 6 heavy (non-hydrogen) atoms. The summed E-state index contributed by atoms with van der Waals surface area (Å²) in [6.45, 7) is 0.566. The van der Waals surface area contributed by atoms with Crippen molar-refractivity contribution in [2.24, 2.45) is 0 Å². The summed E-state index contributed by atoms with van der Waals surface area (Å²) in [5, 5.41) is 7.94. The van der Waals surface area contributed by atoms with Crippen LogP contribution in [0.1, 0.15) is 0 Å². The van der Waals surface area contributed by atoms with Crippen LogP contribution in [-0.2, 0) is 4.74 Å². The molecule has 0 spiro atoms. The number of ether oxygens (including phenoxy) is 1. The first-order chi connectivity index (χ1) is 2.41. The zero-order chi connectivity index (χ0) is 4.12. The van der Waals surface area contributed by atoms with E-state index in [0.717, 1.165) is 0 Å². The van der Waals surface area contributed by atoms with Gasteiger partial charge in [-0.25, -0.2) is 0 Å². The molecule has 0 amide bonds. The summed E-state index contributed by atoms with van der Waals surface area (Å²) in [6.07, 6.45) is 0. The molecular weight excluding hydrogens is 108 g/mol. The molecular formula is C3H10CaO2. The molecule has 2 nitrogen and oxygen atoms in total. The second kappa shape index (κ2) is 9.49. The SMILES string of the molecule is COCCO.[CaH2]. The standard InChI is InChI=1S/C3H8O2.Ca.2H/c1-5-3-2-4;;;/h4H,2-3H2,1H3;;;. The number of aliphatic hydroxyl groups is 1. The van der Waals surface area contributed by atoms with Crippen molar-refractivity contribution in [3.63, 3.8) is 0 Å². The first kappa shape index (κ1) is 10.2. The van der Waals surface area contributed by atoms with E-state index in [1.807, 2.05) is 0 Å². The van der Waals surface area contributed by atoms with Crippen LogP contribution in [0.25, 0.3) is 0 Å². The zero-order valence-corrected chi connectivity index (χ0v) is 3.27. The molecule has 0 heterocycles. The molecule has 3 heteroatoms. The Bertz CT molecular complexity index is 16.3. The van der Waals surface area contributed by atoms with E-state index in [-0.39, 0.29) is 44.3 Å². The molecule has 0 aromatic rings. The quantitative estimate of drug-likeness (QED) is 0.457. The van der Waals surface area contributed by atoms with Gasteiger partial charge in [-0.15, -0.1) is 0 Å². The van der Waals surface area contributed by atoms with Crippen LogP contribution in [0.15, 0.2) is 0 Å². The van der Waals surface area contributed by atoms with Crippen molar-refractivity contribution in [3.05, 3.63) is 0 Å². The molecule has 0 unspecified atom stereocenters. The summed E-state index contributed by atoms with van der Waals surface area (Å²) < 4.78 is 4.44. The van der Waals surface area contributed by atoms with E-state index in [1.165, 1.54) is 0 Å². The molecule has 0 atom stereocenters. The number of aliphatic hydroxyl groups excluding tert-OH is 1. The predicted octanol–water partition coefficient (Wildman–Crippen LogP) is -1.29. The Labute approximate surface area is 67.5 Å². The predicted molar refractivity (Wildman–Crippen MR) is 27.5 cm³/mol. The molecule has 0 rings (SSSR count). The second-order valence-corrected chi connectivity index (χ2v) is 0.716. The minimum atomic E-state index is 0. The van der Waals surface area contributed by atoms with Crippen LogP contribution in [0.3, 0.4) is 0 Å². The topological polar surface area (TPSA) is 29.5 Å². The number of hydrogen-bond acceptors (Lipinski definition) is 2. The van der Waals surface area contributed by atoms with Crippen LogP contribution in [0, 0.1) is 0 Å². The van der Waals surface area contributed by atoms with Gasteiger partial charge >= 0.3 is 37.7 Å². The van der Waals surface area contributed by atoms with E-state index in [2.05, 4.69) is 4.74 Å². The van der Waals surface area contributed by atoms with Crippen molar-refractivity contribution < 1.29 is 9.84 Å². The average Bonchev–Trinajstić information content (AvgIpc) is 1.41. The Hall–Kier alpha value is 1.18. The van der Waals surface area contributed by atoms with E-state index in [9.17, 15) is 0 Å². The molecule has 1 N–H and O–H groups in total. The van der Waals surface area contributed by atoms with Crippen LogP contribution < -0.4 is 0 Å². The Morgan fingerprint density at radius 2 is 2.17 bits per heavy atom. The van der Waals surface area contributed by atoms with Crippen LogP contribution in [0.5, 0.6) is 0 Å². The first-order valence-electron chi connectivity index (χ1n) is 1.51. The molecule has 0 aromatic carbocycles. The van der Waals surface area contributed by atoms with Crippen molar-refractivity contribution in [1.82, 2.24) is 0 Å². The summed E-state index contributed by atoms with van der Waals surface area (Å²) >= 11 is 0. The van der Waals surface area contributed by atoms with E-state index in [0.29, 0.717) is 6.61 Å². The Morgan fingerprint density at radius 1 is 1.67 bits per heavy atom. The van der Waals surface area contributed by atoms with Gasteiger partial charge in [0.25, 0.3) is 0 Å². The van der Waals surface area contributed by atoms with Gasteiger partial charge in [0.2, 0.25) is 0 Å². The van der Waals surface area contributed by atoms with E-state index >= 15 is 0 Å². The van der Waals surface area contributed by atoms with Gasteiger partial charge in [0.05, 0.1) is 13.2 Å². The summed E-state index contributed by atoms with van der Waals surface area (Å²) in [6, 6.07) is 0. The minimum absolute atomic E-state index is 0. The van der Waals surface area contributed by atoms with Crippen molar-refractivity contribution in [2.45, 2.75) is 0 Å². The molecule has 0 aliphatic heterocycles. The van der Waals surface area contributed by atoms with E-state index < -0.39 is 0 Å². The molecule has 0 saturated heterocycles. The fraction of sp³-hybridized carbons (Fsp3) is 1.00. The van der Waals surface area contributed by atoms with Crippen molar-refractivity contribution in [2.75, 3.05) is 20.3 Å². The Balaban J connectivity index is 0. The van der Waals surface area contributed by atoms with Gasteiger partial charge in [-0.3, -0.25) is 0 Å². The molecule has 0 saturated carbocycles. The fourth-order valence-corrected chi connectivity index (χ4v) is 0.0913. The zero-order valence-electron chi connectivity index (χ0n) is 3.27. The summed E-state index contributed by atoms with van der Waals surface area (Å²) in [5.41, 5.74) is 0. The fourth-order valence-electron chi connectivity index (χ4n) is 0.0913. The van der Waals surface area contributed by atoms with Gasteiger partial charge in [0.15, 0.2) is 0 Å². The number of rotatable bonds is 2. The van der Waals surface area contributed by atoms with Gasteiger partial charge in [-0.05, 0) is 0 Å². The molecule has 0 aliphatic carbocycles. The van der Waals surface area contributed by atoms with Gasteiger partial charge in [-0.1, -0.05) is 0 Å². The molecule has 0 radical (unpaired) electrons. The van der Waals surface area contributed by atoms with Crippen molar-refractivity contribution >= 4 is 37.7 Å². The second-order valence-electron chi connectivity index (χ2n) is 0.716. The van der Waals surface area contributed by atoms with E-state index in [1.54, 1.807) is 7.11 Å². The normalized spacial score (nSPS) is 7.00. The van der Waals surface area contributed by atoms with E-state index in [4.69, 9.17) is 5.11 Å². The van der Waals surface area contributed by atoms with Crippen LogP contribution in [0.4, 0.5) is 0 Å². The Kier molecular flexibility index (Phi) is 16.2. The third-order valence-electron chi connectivity index (χ3n) is 0.295. The Morgan fingerprint density at radius 3 is 2.17 bits per heavy atom. The first-order valence-corrected chi connectivity index (χ1v) is 1.51. The van der Waals surface area contributed by atoms with Crippen molar-refractivity contribution in [3.8, 4) is 0 Å². The third-order valence-corrected chi connectivity index (χ3v) is 0.295. The molecule has 0 fully saturated rings. The summed E-state index contributed by atoms with van der Waals surface area (Å²) in [4.78, 5) is 0. The van der Waals surface area contributed by atoms with Gasteiger partial charge in [0.1, 0.15) is 0 Å². The maximum absolute atomic E-state index is 7.94. The number of methoxy groups -OCH3 is 1. The molecule has 36 valence electrons. The number of hydrogen-bond donors (Lipinski definition) is 1. The van der Waals surface area contributed by atoms with Crippen LogP contribution >= 0.6 is 0 Å². The molecule has 0 aromatic heterocycles. The maximum atomic E-state index is 7.94. The van der Waals surface area contributed by atoms with Gasteiger partial charge in [-0.2, -0.15) is 0 Å². The average molecular weight is 118 g/mol. The van der Waals surface area contributed by atoms with Gasteiger partial charge < -0.3 is 9.84 Å². The third kappa shape index (κ3) is 8.95. The summed E-state index contributed by atoms with van der Waals surface area (Å²) in [5.74, 6) is 0. The molecule has 0 bridgehead atoms. The van der Waals surface area contributed by atoms with Gasteiger partial charge in [0, 0.05) is 7.11 Å². The summed E-state index contributed by atoms with van der Waals surface area (Å²) in [7, 11) is 1.55. The van der Waals surface area contributed by atoms with Crippen LogP contribution in [-0.4, -0.2) is 63.2 Å². The monoisotopic (exact) mass is 118 g/mol. The van der Waals surface area contributed by atoms with Crippen molar-refractivity contribution in [1.29, 1.82) is 0 Å². The molecule has 0 aliphatic rings. The van der Waals surface area contributed by atoms with Crippen LogP contribution in [0.2, 0.25) is 0 Å².